The molecule has 0 saturated carbocycles. The van der Waals surface area contributed by atoms with Gasteiger partial charge in [-0.05, 0) is 35.9 Å². The summed E-state index contributed by atoms with van der Waals surface area (Å²) in [5, 5.41) is 8.93. The van der Waals surface area contributed by atoms with E-state index in [-0.39, 0.29) is 23.1 Å². The number of rotatable bonds is 5. The second kappa shape index (κ2) is 8.13. The summed E-state index contributed by atoms with van der Waals surface area (Å²) in [6.07, 6.45) is -4.65. The van der Waals surface area contributed by atoms with E-state index in [1.54, 1.807) is 26.0 Å². The van der Waals surface area contributed by atoms with Crippen LogP contribution in [0.5, 0.6) is 5.75 Å². The zero-order valence-electron chi connectivity index (χ0n) is 17.6. The molecule has 0 aromatic heterocycles. The van der Waals surface area contributed by atoms with Gasteiger partial charge in [-0.1, -0.05) is 26.0 Å². The van der Waals surface area contributed by atoms with E-state index in [9.17, 15) is 26.4 Å². The van der Waals surface area contributed by atoms with Gasteiger partial charge in [0.25, 0.3) is 5.91 Å². The van der Waals surface area contributed by atoms with Gasteiger partial charge in [-0.25, -0.2) is 8.42 Å². The summed E-state index contributed by atoms with van der Waals surface area (Å²) in [6.45, 7) is 4.05. The van der Waals surface area contributed by atoms with E-state index in [0.29, 0.717) is 12.1 Å². The molecular formula is C22H21F3N2O4S. The van der Waals surface area contributed by atoms with Gasteiger partial charge >= 0.3 is 6.18 Å². The second-order valence-electron chi connectivity index (χ2n) is 8.41. The molecule has 1 heterocycles. The average molecular weight is 466 g/mol. The smallest absolute Gasteiger partial charge is 0.417 e. The number of hydrogen-bond acceptors (Lipinski definition) is 5. The monoisotopic (exact) mass is 466 g/mol. The standard InChI is InChI=1S/C22H21F3N2O4S/c1-21(2)13-27(12-14-4-8-17(9-5-14)32(3,29)30)20(28)19(21)31-16-7-6-15(11-26)18(10-16)22(23,24)25/h4-10,19H,12-13H2,1-3H3. The van der Waals surface area contributed by atoms with Crippen molar-refractivity contribution in [3.05, 3.63) is 59.2 Å². The number of ether oxygens (including phenoxy) is 1. The minimum atomic E-state index is -4.73. The van der Waals surface area contributed by atoms with Gasteiger partial charge in [0.1, 0.15) is 5.75 Å². The fourth-order valence-corrected chi connectivity index (χ4v) is 4.25. The molecule has 1 amide bonds. The van der Waals surface area contributed by atoms with Crippen molar-refractivity contribution in [3.63, 3.8) is 0 Å². The molecule has 1 atom stereocenters. The molecule has 1 aliphatic rings. The van der Waals surface area contributed by atoms with Crippen molar-refractivity contribution < 1.29 is 31.1 Å². The molecule has 1 aliphatic heterocycles. The zero-order valence-corrected chi connectivity index (χ0v) is 18.4. The molecular weight excluding hydrogens is 445 g/mol. The number of carbonyl (C=O) groups is 1. The number of nitrogens with zero attached hydrogens (tertiary/aromatic N) is 2. The summed E-state index contributed by atoms with van der Waals surface area (Å²) in [4.78, 5) is 14.7. The van der Waals surface area contributed by atoms with Crippen LogP contribution in [0, 0.1) is 16.7 Å². The Bertz CT molecular complexity index is 1180. The van der Waals surface area contributed by atoms with E-state index >= 15 is 0 Å². The number of alkyl halides is 3. The van der Waals surface area contributed by atoms with Crippen LogP contribution in [0.3, 0.4) is 0 Å². The topological polar surface area (TPSA) is 87.5 Å². The third-order valence-corrected chi connectivity index (χ3v) is 6.37. The average Bonchev–Trinajstić information content (AvgIpc) is 2.89. The van der Waals surface area contributed by atoms with Crippen LogP contribution < -0.4 is 4.74 Å². The fourth-order valence-electron chi connectivity index (χ4n) is 3.62. The van der Waals surface area contributed by atoms with Gasteiger partial charge in [0.15, 0.2) is 15.9 Å². The highest BCUT2D eigenvalue weighted by Gasteiger charge is 2.48. The van der Waals surface area contributed by atoms with Gasteiger partial charge in [-0.3, -0.25) is 4.79 Å². The van der Waals surface area contributed by atoms with E-state index in [2.05, 4.69) is 0 Å². The Morgan fingerprint density at radius 1 is 1.19 bits per heavy atom. The van der Waals surface area contributed by atoms with Crippen molar-refractivity contribution in [2.75, 3.05) is 12.8 Å². The highest BCUT2D eigenvalue weighted by atomic mass is 32.2. The molecule has 3 rings (SSSR count). The number of likely N-dealkylation sites (tertiary alicyclic amines) is 1. The Kier molecular flexibility index (Phi) is 6.00. The van der Waals surface area contributed by atoms with Gasteiger partial charge in [-0.15, -0.1) is 0 Å². The van der Waals surface area contributed by atoms with Gasteiger partial charge in [0.05, 0.1) is 22.1 Å². The Balaban J connectivity index is 1.81. The minimum absolute atomic E-state index is 0.151. The van der Waals surface area contributed by atoms with Crippen LogP contribution >= 0.6 is 0 Å². The summed E-state index contributed by atoms with van der Waals surface area (Å²) in [6, 6.07) is 10.6. The molecule has 0 bridgehead atoms. The number of carbonyl (C=O) groups excluding carboxylic acids is 1. The van der Waals surface area contributed by atoms with Gasteiger partial charge in [0, 0.05) is 24.8 Å². The summed E-state index contributed by atoms with van der Waals surface area (Å²) in [7, 11) is -3.34. The number of sulfone groups is 1. The first-order chi connectivity index (χ1) is 14.7. The minimum Gasteiger partial charge on any atom is -0.480 e. The number of hydrogen-bond donors (Lipinski definition) is 0. The largest absolute Gasteiger partial charge is 0.480 e. The van der Waals surface area contributed by atoms with Crippen molar-refractivity contribution in [2.24, 2.45) is 5.41 Å². The van der Waals surface area contributed by atoms with Crippen LogP contribution in [0.15, 0.2) is 47.4 Å². The normalized spacial score (nSPS) is 18.5. The molecule has 1 fully saturated rings. The van der Waals surface area contributed by atoms with Crippen molar-refractivity contribution >= 4 is 15.7 Å². The molecule has 170 valence electrons. The predicted molar refractivity (Wildman–Crippen MR) is 109 cm³/mol. The number of nitriles is 1. The summed E-state index contributed by atoms with van der Waals surface area (Å²) >= 11 is 0. The first-order valence-electron chi connectivity index (χ1n) is 9.58. The maximum Gasteiger partial charge on any atom is 0.417 e. The Morgan fingerprint density at radius 3 is 2.34 bits per heavy atom. The first-order valence-corrected chi connectivity index (χ1v) is 11.5. The predicted octanol–water partition coefficient (Wildman–Crippen LogP) is 3.80. The molecule has 10 heteroatoms. The SMILES string of the molecule is CC1(C)CN(Cc2ccc(S(C)(=O)=O)cc2)C(=O)C1Oc1ccc(C#N)c(C(F)(F)F)c1. The van der Waals surface area contributed by atoms with Crippen molar-refractivity contribution in [1.29, 1.82) is 5.26 Å². The Morgan fingerprint density at radius 2 is 1.81 bits per heavy atom. The van der Waals surface area contributed by atoms with Crippen LogP contribution in [0.1, 0.15) is 30.5 Å². The van der Waals surface area contributed by atoms with E-state index < -0.39 is 38.7 Å². The molecule has 2 aromatic rings. The lowest BCUT2D eigenvalue weighted by Gasteiger charge is -2.24. The summed E-state index contributed by atoms with van der Waals surface area (Å²) < 4.78 is 68.6. The third kappa shape index (κ3) is 4.88. The Hall–Kier alpha value is -3.06. The number of benzene rings is 2. The second-order valence-corrected chi connectivity index (χ2v) is 10.4. The molecule has 2 aromatic carbocycles. The van der Waals surface area contributed by atoms with Crippen LogP contribution in [0.4, 0.5) is 13.2 Å². The fraction of sp³-hybridized carbons (Fsp3) is 0.364. The van der Waals surface area contributed by atoms with Crippen molar-refractivity contribution in [1.82, 2.24) is 4.90 Å². The number of halogens is 3. The van der Waals surface area contributed by atoms with E-state index in [0.717, 1.165) is 18.4 Å². The van der Waals surface area contributed by atoms with Crippen molar-refractivity contribution in [3.8, 4) is 11.8 Å². The van der Waals surface area contributed by atoms with E-state index in [1.165, 1.54) is 29.2 Å². The van der Waals surface area contributed by atoms with Crippen LogP contribution in [-0.2, 0) is 27.4 Å². The molecule has 0 N–H and O–H groups in total. The molecule has 32 heavy (non-hydrogen) atoms. The molecule has 1 unspecified atom stereocenters. The quantitative estimate of drug-likeness (QED) is 0.669. The molecule has 0 aliphatic carbocycles. The lowest BCUT2D eigenvalue weighted by Crippen LogP contribution is -2.36. The van der Waals surface area contributed by atoms with Gasteiger partial charge in [-0.2, -0.15) is 18.4 Å². The molecule has 0 radical (unpaired) electrons. The van der Waals surface area contributed by atoms with Crippen molar-refractivity contribution in [2.45, 2.75) is 37.6 Å². The lowest BCUT2D eigenvalue weighted by molar-refractivity contribution is -0.138. The molecule has 1 saturated heterocycles. The first kappa shape index (κ1) is 23.6. The van der Waals surface area contributed by atoms with Crippen LogP contribution in [-0.4, -0.2) is 38.1 Å². The maximum absolute atomic E-state index is 13.2. The zero-order chi connectivity index (χ0) is 23.9. The van der Waals surface area contributed by atoms with E-state index in [4.69, 9.17) is 10.00 Å². The van der Waals surface area contributed by atoms with Crippen LogP contribution in [0.2, 0.25) is 0 Å². The summed E-state index contributed by atoms with van der Waals surface area (Å²) in [5.41, 5.74) is -1.64. The third-order valence-electron chi connectivity index (χ3n) is 5.24. The lowest BCUT2D eigenvalue weighted by atomic mass is 9.89. The molecule has 6 nitrogen and oxygen atoms in total. The van der Waals surface area contributed by atoms with Crippen LogP contribution in [0.25, 0.3) is 0 Å². The number of amides is 1. The highest BCUT2D eigenvalue weighted by molar-refractivity contribution is 7.90. The van der Waals surface area contributed by atoms with E-state index in [1.807, 2.05) is 0 Å². The molecule has 0 spiro atoms. The van der Waals surface area contributed by atoms with Gasteiger partial charge < -0.3 is 9.64 Å². The summed E-state index contributed by atoms with van der Waals surface area (Å²) in [5.74, 6) is -0.540. The maximum atomic E-state index is 13.2. The highest BCUT2D eigenvalue weighted by Crippen LogP contribution is 2.38. The Labute approximate surface area is 184 Å². The van der Waals surface area contributed by atoms with Gasteiger partial charge in [0.2, 0.25) is 0 Å².